The Labute approximate surface area is 88.5 Å². The highest BCUT2D eigenvalue weighted by molar-refractivity contribution is 6.32. The van der Waals surface area contributed by atoms with Crippen molar-refractivity contribution in [3.63, 3.8) is 0 Å². The number of phenolic OH excluding ortho intramolecular Hbond substituents is 1. The SMILES string of the molecule is C/C(=C\c1ccc(O)c(Cl)c1)C(C)O. The van der Waals surface area contributed by atoms with Crippen molar-refractivity contribution in [2.24, 2.45) is 0 Å². The van der Waals surface area contributed by atoms with Crippen molar-refractivity contribution < 1.29 is 10.2 Å². The molecule has 0 saturated heterocycles. The minimum absolute atomic E-state index is 0.0681. The molecule has 1 rings (SSSR count). The van der Waals surface area contributed by atoms with E-state index >= 15 is 0 Å². The van der Waals surface area contributed by atoms with Crippen LogP contribution < -0.4 is 0 Å². The maximum absolute atomic E-state index is 9.26. The van der Waals surface area contributed by atoms with E-state index in [4.69, 9.17) is 11.6 Å². The fourth-order valence-corrected chi connectivity index (χ4v) is 1.19. The summed E-state index contributed by atoms with van der Waals surface area (Å²) in [6.07, 6.45) is 1.36. The van der Waals surface area contributed by atoms with Crippen molar-refractivity contribution >= 4 is 17.7 Å². The first-order chi connectivity index (χ1) is 6.50. The Kier molecular flexibility index (Phi) is 3.55. The van der Waals surface area contributed by atoms with Gasteiger partial charge in [-0.05, 0) is 37.1 Å². The number of hydrogen-bond donors (Lipinski definition) is 2. The third kappa shape index (κ3) is 2.76. The number of aromatic hydroxyl groups is 1. The van der Waals surface area contributed by atoms with Crippen LogP contribution in [0.3, 0.4) is 0 Å². The van der Waals surface area contributed by atoms with E-state index in [1.165, 1.54) is 6.07 Å². The molecule has 14 heavy (non-hydrogen) atoms. The molecule has 0 aliphatic carbocycles. The number of halogens is 1. The van der Waals surface area contributed by atoms with Gasteiger partial charge in [-0.15, -0.1) is 0 Å². The van der Waals surface area contributed by atoms with Crippen molar-refractivity contribution in [2.75, 3.05) is 0 Å². The Morgan fingerprint density at radius 2 is 2.14 bits per heavy atom. The summed E-state index contributed by atoms with van der Waals surface area (Å²) in [6, 6.07) is 4.93. The number of aliphatic hydroxyl groups is 1. The standard InChI is InChI=1S/C11H13ClO2/c1-7(8(2)13)5-9-3-4-11(14)10(12)6-9/h3-6,8,13-14H,1-2H3/b7-5+. The van der Waals surface area contributed by atoms with Crippen LogP contribution in [-0.4, -0.2) is 16.3 Å². The van der Waals surface area contributed by atoms with Gasteiger partial charge in [-0.2, -0.15) is 0 Å². The van der Waals surface area contributed by atoms with E-state index < -0.39 is 6.10 Å². The number of benzene rings is 1. The second-order valence-corrected chi connectivity index (χ2v) is 3.68. The molecule has 0 radical (unpaired) electrons. The monoisotopic (exact) mass is 212 g/mol. The third-order valence-electron chi connectivity index (χ3n) is 2.03. The molecule has 0 amide bonds. The lowest BCUT2D eigenvalue weighted by atomic mass is 10.1. The molecule has 1 aromatic carbocycles. The van der Waals surface area contributed by atoms with Crippen LogP contribution in [0.15, 0.2) is 23.8 Å². The summed E-state index contributed by atoms with van der Waals surface area (Å²) < 4.78 is 0. The molecule has 0 aliphatic heterocycles. The first-order valence-corrected chi connectivity index (χ1v) is 4.73. The molecule has 1 aromatic rings. The summed E-state index contributed by atoms with van der Waals surface area (Å²) in [6.45, 7) is 3.54. The summed E-state index contributed by atoms with van der Waals surface area (Å²) in [5.41, 5.74) is 1.72. The van der Waals surface area contributed by atoms with Gasteiger partial charge in [-0.25, -0.2) is 0 Å². The predicted molar refractivity (Wildman–Crippen MR) is 58.4 cm³/mol. The Balaban J connectivity index is 2.98. The Morgan fingerprint density at radius 3 is 2.64 bits per heavy atom. The second-order valence-electron chi connectivity index (χ2n) is 3.28. The van der Waals surface area contributed by atoms with Gasteiger partial charge in [0.2, 0.25) is 0 Å². The van der Waals surface area contributed by atoms with Gasteiger partial charge in [0, 0.05) is 0 Å². The molecule has 0 saturated carbocycles. The van der Waals surface area contributed by atoms with Crippen molar-refractivity contribution in [1.29, 1.82) is 0 Å². The summed E-state index contributed by atoms with van der Waals surface area (Å²) in [4.78, 5) is 0. The average molecular weight is 213 g/mol. The van der Waals surface area contributed by atoms with E-state index in [2.05, 4.69) is 0 Å². The lowest BCUT2D eigenvalue weighted by Crippen LogP contribution is -2.00. The van der Waals surface area contributed by atoms with Crippen LogP contribution in [0.25, 0.3) is 6.08 Å². The highest BCUT2D eigenvalue weighted by Crippen LogP contribution is 2.24. The topological polar surface area (TPSA) is 40.5 Å². The largest absolute Gasteiger partial charge is 0.506 e. The number of rotatable bonds is 2. The van der Waals surface area contributed by atoms with Crippen LogP contribution >= 0.6 is 11.6 Å². The molecular weight excluding hydrogens is 200 g/mol. The number of aliphatic hydroxyl groups excluding tert-OH is 1. The zero-order valence-corrected chi connectivity index (χ0v) is 8.92. The molecule has 1 atom stereocenters. The smallest absolute Gasteiger partial charge is 0.134 e. The van der Waals surface area contributed by atoms with Gasteiger partial charge in [0.25, 0.3) is 0 Å². The number of phenols is 1. The molecule has 0 spiro atoms. The van der Waals surface area contributed by atoms with Gasteiger partial charge in [0.1, 0.15) is 5.75 Å². The predicted octanol–water partition coefficient (Wildman–Crippen LogP) is 2.83. The highest BCUT2D eigenvalue weighted by Gasteiger charge is 2.01. The van der Waals surface area contributed by atoms with Crippen LogP contribution in [0.1, 0.15) is 19.4 Å². The molecule has 0 aliphatic rings. The Bertz CT molecular complexity index is 356. The normalized spacial score (nSPS) is 14.1. The average Bonchev–Trinajstić information content (AvgIpc) is 2.11. The minimum Gasteiger partial charge on any atom is -0.506 e. The molecule has 3 heteroatoms. The maximum Gasteiger partial charge on any atom is 0.134 e. The highest BCUT2D eigenvalue weighted by atomic mass is 35.5. The van der Waals surface area contributed by atoms with E-state index in [1.807, 2.05) is 13.0 Å². The van der Waals surface area contributed by atoms with Gasteiger partial charge < -0.3 is 10.2 Å². The summed E-state index contributed by atoms with van der Waals surface area (Å²) in [5.74, 6) is 0.0681. The zero-order chi connectivity index (χ0) is 10.7. The van der Waals surface area contributed by atoms with Crippen LogP contribution in [0, 0.1) is 0 Å². The minimum atomic E-state index is -0.470. The van der Waals surface area contributed by atoms with Crippen LogP contribution in [-0.2, 0) is 0 Å². The van der Waals surface area contributed by atoms with Crippen molar-refractivity contribution in [1.82, 2.24) is 0 Å². The van der Waals surface area contributed by atoms with Gasteiger partial charge in [0.05, 0.1) is 11.1 Å². The van der Waals surface area contributed by atoms with Gasteiger partial charge >= 0.3 is 0 Å². The summed E-state index contributed by atoms with van der Waals surface area (Å²) in [7, 11) is 0. The van der Waals surface area contributed by atoms with Gasteiger partial charge in [-0.1, -0.05) is 23.7 Å². The molecule has 2 N–H and O–H groups in total. The molecule has 1 unspecified atom stereocenters. The van der Waals surface area contributed by atoms with Crippen molar-refractivity contribution in [3.8, 4) is 5.75 Å². The molecule has 0 aromatic heterocycles. The van der Waals surface area contributed by atoms with Crippen molar-refractivity contribution in [3.05, 3.63) is 34.4 Å². The number of hydrogen-bond acceptors (Lipinski definition) is 2. The van der Waals surface area contributed by atoms with Gasteiger partial charge in [-0.3, -0.25) is 0 Å². The lowest BCUT2D eigenvalue weighted by Gasteiger charge is -2.04. The molecule has 76 valence electrons. The van der Waals surface area contributed by atoms with Crippen LogP contribution in [0.5, 0.6) is 5.75 Å². The van der Waals surface area contributed by atoms with Crippen LogP contribution in [0.2, 0.25) is 5.02 Å². The fourth-order valence-electron chi connectivity index (χ4n) is 0.996. The summed E-state index contributed by atoms with van der Waals surface area (Å²) >= 11 is 5.74. The summed E-state index contributed by atoms with van der Waals surface area (Å²) in [5, 5.41) is 18.8. The molecule has 0 bridgehead atoms. The van der Waals surface area contributed by atoms with E-state index in [1.54, 1.807) is 19.1 Å². The zero-order valence-electron chi connectivity index (χ0n) is 8.16. The third-order valence-corrected chi connectivity index (χ3v) is 2.33. The molecule has 2 nitrogen and oxygen atoms in total. The van der Waals surface area contributed by atoms with Crippen LogP contribution in [0.4, 0.5) is 0 Å². The van der Waals surface area contributed by atoms with E-state index in [0.29, 0.717) is 5.02 Å². The maximum atomic E-state index is 9.26. The quantitative estimate of drug-likeness (QED) is 0.792. The van der Waals surface area contributed by atoms with E-state index in [9.17, 15) is 10.2 Å². The Morgan fingerprint density at radius 1 is 1.50 bits per heavy atom. The Hall–Kier alpha value is -0.990. The van der Waals surface area contributed by atoms with Gasteiger partial charge in [0.15, 0.2) is 0 Å². The first kappa shape index (κ1) is 11.1. The molecular formula is C11H13ClO2. The lowest BCUT2D eigenvalue weighted by molar-refractivity contribution is 0.232. The first-order valence-electron chi connectivity index (χ1n) is 4.35. The fraction of sp³-hybridized carbons (Fsp3) is 0.273. The molecule has 0 heterocycles. The van der Waals surface area contributed by atoms with Crippen molar-refractivity contribution in [2.45, 2.75) is 20.0 Å². The van der Waals surface area contributed by atoms with E-state index in [-0.39, 0.29) is 5.75 Å². The van der Waals surface area contributed by atoms with E-state index in [0.717, 1.165) is 11.1 Å². The molecule has 0 fully saturated rings. The second kappa shape index (κ2) is 4.49.